The first-order valence-electron chi connectivity index (χ1n) is 4.53. The van der Waals surface area contributed by atoms with Crippen molar-refractivity contribution >= 4 is 5.78 Å². The maximum atomic E-state index is 11.0. The van der Waals surface area contributed by atoms with Gasteiger partial charge in [0.25, 0.3) is 0 Å². The lowest BCUT2D eigenvalue weighted by atomic mass is 10.1. The summed E-state index contributed by atoms with van der Waals surface area (Å²) < 4.78 is 5.56. The zero-order valence-corrected chi connectivity index (χ0v) is 7.62. The molecule has 0 atom stereocenters. The van der Waals surface area contributed by atoms with Gasteiger partial charge in [0.05, 0.1) is 6.10 Å². The number of ketones is 1. The molecule has 0 heterocycles. The first kappa shape index (κ1) is 8.30. The largest absolute Gasteiger partial charge is 0.490 e. The Morgan fingerprint density at radius 3 is 2.85 bits per heavy atom. The van der Waals surface area contributed by atoms with Gasteiger partial charge in [-0.3, -0.25) is 4.79 Å². The van der Waals surface area contributed by atoms with Gasteiger partial charge in [-0.2, -0.15) is 0 Å². The summed E-state index contributed by atoms with van der Waals surface area (Å²) in [7, 11) is 0. The Morgan fingerprint density at radius 2 is 2.23 bits per heavy atom. The van der Waals surface area contributed by atoms with E-state index in [2.05, 4.69) is 0 Å². The molecule has 1 aromatic carbocycles. The Morgan fingerprint density at radius 1 is 1.46 bits per heavy atom. The molecular weight excluding hydrogens is 164 g/mol. The van der Waals surface area contributed by atoms with Crippen LogP contribution in [0.15, 0.2) is 24.3 Å². The highest BCUT2D eigenvalue weighted by atomic mass is 16.5. The number of rotatable bonds is 3. The summed E-state index contributed by atoms with van der Waals surface area (Å²) in [6.45, 7) is 1.57. The standard InChI is InChI=1S/C11H12O2/c1-8(12)9-3-2-4-11(7-9)13-10-5-6-10/h2-4,7,10H,5-6H2,1H3. The van der Waals surface area contributed by atoms with Gasteiger partial charge in [0.1, 0.15) is 5.75 Å². The molecule has 0 aromatic heterocycles. The van der Waals surface area contributed by atoms with Gasteiger partial charge in [-0.1, -0.05) is 12.1 Å². The van der Waals surface area contributed by atoms with E-state index < -0.39 is 0 Å². The Hall–Kier alpha value is -1.31. The maximum absolute atomic E-state index is 11.0. The van der Waals surface area contributed by atoms with Gasteiger partial charge in [-0.15, -0.1) is 0 Å². The van der Waals surface area contributed by atoms with Crippen LogP contribution in [-0.2, 0) is 0 Å². The smallest absolute Gasteiger partial charge is 0.159 e. The number of carbonyl (C=O) groups excluding carboxylic acids is 1. The molecule has 0 spiro atoms. The molecule has 0 aliphatic heterocycles. The SMILES string of the molecule is CC(=O)c1cccc(OC2CC2)c1. The average Bonchev–Trinajstić information content (AvgIpc) is 2.89. The third-order valence-corrected chi connectivity index (χ3v) is 2.07. The van der Waals surface area contributed by atoms with E-state index in [1.165, 1.54) is 0 Å². The minimum absolute atomic E-state index is 0.0845. The fourth-order valence-corrected chi connectivity index (χ4v) is 1.17. The molecule has 1 saturated carbocycles. The first-order valence-corrected chi connectivity index (χ1v) is 4.53. The summed E-state index contributed by atoms with van der Waals surface area (Å²) in [6, 6.07) is 7.36. The van der Waals surface area contributed by atoms with Crippen LogP contribution in [0.4, 0.5) is 0 Å². The molecule has 68 valence electrons. The topological polar surface area (TPSA) is 26.3 Å². The van der Waals surface area contributed by atoms with Crippen molar-refractivity contribution < 1.29 is 9.53 Å². The van der Waals surface area contributed by atoms with Crippen LogP contribution in [0.2, 0.25) is 0 Å². The van der Waals surface area contributed by atoms with E-state index >= 15 is 0 Å². The minimum atomic E-state index is 0.0845. The molecule has 1 aromatic rings. The molecule has 0 radical (unpaired) electrons. The molecule has 0 unspecified atom stereocenters. The van der Waals surface area contributed by atoms with Crippen LogP contribution in [0.5, 0.6) is 5.75 Å². The predicted molar refractivity (Wildman–Crippen MR) is 50.1 cm³/mol. The van der Waals surface area contributed by atoms with Crippen LogP contribution in [-0.4, -0.2) is 11.9 Å². The van der Waals surface area contributed by atoms with Crippen molar-refractivity contribution in [2.24, 2.45) is 0 Å². The molecule has 2 rings (SSSR count). The Labute approximate surface area is 77.5 Å². The van der Waals surface area contributed by atoms with Gasteiger partial charge in [-0.25, -0.2) is 0 Å². The van der Waals surface area contributed by atoms with Crippen LogP contribution >= 0.6 is 0 Å². The van der Waals surface area contributed by atoms with Crippen LogP contribution in [0.3, 0.4) is 0 Å². The van der Waals surface area contributed by atoms with Gasteiger partial charge in [0.15, 0.2) is 5.78 Å². The number of Topliss-reactive ketones (excluding diaryl/α,β-unsaturated/α-hetero) is 1. The van der Waals surface area contributed by atoms with Gasteiger partial charge in [0, 0.05) is 5.56 Å². The minimum Gasteiger partial charge on any atom is -0.490 e. The highest BCUT2D eigenvalue weighted by molar-refractivity contribution is 5.94. The lowest BCUT2D eigenvalue weighted by Gasteiger charge is -2.04. The molecule has 1 fully saturated rings. The van der Waals surface area contributed by atoms with Crippen molar-refractivity contribution in [3.63, 3.8) is 0 Å². The summed E-state index contributed by atoms with van der Waals surface area (Å²) in [5.41, 5.74) is 0.721. The van der Waals surface area contributed by atoms with Crippen LogP contribution in [0.1, 0.15) is 30.1 Å². The van der Waals surface area contributed by atoms with E-state index in [4.69, 9.17) is 4.74 Å². The third-order valence-electron chi connectivity index (χ3n) is 2.07. The van der Waals surface area contributed by atoms with Crippen LogP contribution in [0, 0.1) is 0 Å². The van der Waals surface area contributed by atoms with E-state index in [0.717, 1.165) is 24.2 Å². The molecule has 0 saturated heterocycles. The summed E-state index contributed by atoms with van der Waals surface area (Å²) in [5, 5.41) is 0. The van der Waals surface area contributed by atoms with E-state index in [1.54, 1.807) is 13.0 Å². The average molecular weight is 176 g/mol. The molecule has 1 aliphatic carbocycles. The maximum Gasteiger partial charge on any atom is 0.159 e. The predicted octanol–water partition coefficient (Wildman–Crippen LogP) is 2.43. The van der Waals surface area contributed by atoms with Crippen LogP contribution < -0.4 is 4.74 Å². The second kappa shape index (κ2) is 3.21. The Balaban J connectivity index is 2.15. The number of carbonyl (C=O) groups is 1. The molecular formula is C11H12O2. The summed E-state index contributed by atoms with van der Waals surface area (Å²) in [5.74, 6) is 0.899. The zero-order chi connectivity index (χ0) is 9.26. The summed E-state index contributed by atoms with van der Waals surface area (Å²) >= 11 is 0. The van der Waals surface area contributed by atoms with Crippen LogP contribution in [0.25, 0.3) is 0 Å². The lowest BCUT2D eigenvalue weighted by molar-refractivity contribution is 0.101. The van der Waals surface area contributed by atoms with E-state index in [0.29, 0.717) is 6.10 Å². The zero-order valence-electron chi connectivity index (χ0n) is 7.62. The van der Waals surface area contributed by atoms with Gasteiger partial charge in [-0.05, 0) is 31.9 Å². The molecule has 13 heavy (non-hydrogen) atoms. The fourth-order valence-electron chi connectivity index (χ4n) is 1.17. The quantitative estimate of drug-likeness (QED) is 0.661. The van der Waals surface area contributed by atoms with E-state index in [-0.39, 0.29) is 5.78 Å². The van der Waals surface area contributed by atoms with Crippen molar-refractivity contribution in [2.45, 2.75) is 25.9 Å². The number of hydrogen-bond donors (Lipinski definition) is 0. The summed E-state index contributed by atoms with van der Waals surface area (Å²) in [6.07, 6.45) is 2.68. The van der Waals surface area contributed by atoms with E-state index in [9.17, 15) is 4.79 Å². The monoisotopic (exact) mass is 176 g/mol. The van der Waals surface area contributed by atoms with Gasteiger partial charge < -0.3 is 4.74 Å². The first-order chi connectivity index (χ1) is 6.25. The number of ether oxygens (including phenoxy) is 1. The van der Waals surface area contributed by atoms with Crippen molar-refractivity contribution in [1.82, 2.24) is 0 Å². The fraction of sp³-hybridized carbons (Fsp3) is 0.364. The molecule has 0 N–H and O–H groups in total. The third kappa shape index (κ3) is 2.08. The molecule has 2 heteroatoms. The highest BCUT2D eigenvalue weighted by Gasteiger charge is 2.23. The molecule has 1 aliphatic rings. The Kier molecular flexibility index (Phi) is 2.05. The number of benzene rings is 1. The normalized spacial score (nSPS) is 15.5. The van der Waals surface area contributed by atoms with Crippen molar-refractivity contribution in [2.75, 3.05) is 0 Å². The second-order valence-electron chi connectivity index (χ2n) is 3.40. The number of hydrogen-bond acceptors (Lipinski definition) is 2. The molecule has 0 amide bonds. The van der Waals surface area contributed by atoms with Gasteiger partial charge in [0.2, 0.25) is 0 Å². The molecule has 0 bridgehead atoms. The highest BCUT2D eigenvalue weighted by Crippen LogP contribution is 2.27. The van der Waals surface area contributed by atoms with Crippen molar-refractivity contribution in [3.05, 3.63) is 29.8 Å². The second-order valence-corrected chi connectivity index (χ2v) is 3.40. The van der Waals surface area contributed by atoms with Crippen molar-refractivity contribution in [3.8, 4) is 5.75 Å². The Bertz CT molecular complexity index is 327. The molecule has 2 nitrogen and oxygen atoms in total. The lowest BCUT2D eigenvalue weighted by Crippen LogP contribution is -1.98. The summed E-state index contributed by atoms with van der Waals surface area (Å²) in [4.78, 5) is 11.0. The van der Waals surface area contributed by atoms with Gasteiger partial charge >= 0.3 is 0 Å². The van der Waals surface area contributed by atoms with Crippen molar-refractivity contribution in [1.29, 1.82) is 0 Å². The van der Waals surface area contributed by atoms with E-state index in [1.807, 2.05) is 18.2 Å².